The maximum Gasteiger partial charge on any atom is 0.328 e. The summed E-state index contributed by atoms with van der Waals surface area (Å²) in [4.78, 5) is 10.7. The molecule has 0 spiro atoms. The largest absolute Gasteiger partial charge is 0.504 e. The topological polar surface area (TPSA) is 87.0 Å². The molecular weight excluding hydrogens is 272 g/mol. The molecule has 0 heterocycles. The predicted octanol–water partition coefficient (Wildman–Crippen LogP) is 3.11. The zero-order valence-electron chi connectivity index (χ0n) is 12.4. The normalized spacial score (nSPS) is 12.5. The molecule has 0 bridgehead atoms. The molecule has 1 atom stereocenters. The van der Waals surface area contributed by atoms with Gasteiger partial charge >= 0.3 is 5.97 Å². The molecule has 1 rings (SSSR count). The highest BCUT2D eigenvalue weighted by molar-refractivity contribution is 5.86. The van der Waals surface area contributed by atoms with Crippen molar-refractivity contribution in [2.24, 2.45) is 0 Å². The molecule has 1 aromatic rings. The summed E-state index contributed by atoms with van der Waals surface area (Å²) in [5, 5.41) is 28.9. The fourth-order valence-corrected chi connectivity index (χ4v) is 2.20. The van der Waals surface area contributed by atoms with Gasteiger partial charge in [-0.1, -0.05) is 32.3 Å². The molecule has 0 aromatic heterocycles. The molecule has 116 valence electrons. The Morgan fingerprint density at radius 3 is 2.67 bits per heavy atom. The van der Waals surface area contributed by atoms with E-state index in [1.54, 1.807) is 6.07 Å². The number of carboxylic acids is 1. The highest BCUT2D eigenvalue weighted by Gasteiger charge is 2.19. The number of hydrogen-bond acceptors (Lipinski definition) is 4. The van der Waals surface area contributed by atoms with Crippen molar-refractivity contribution in [3.63, 3.8) is 0 Å². The van der Waals surface area contributed by atoms with Crippen molar-refractivity contribution in [3.8, 4) is 11.5 Å². The number of carbonyl (C=O) groups is 1. The van der Waals surface area contributed by atoms with Crippen molar-refractivity contribution >= 4 is 12.0 Å². The van der Waals surface area contributed by atoms with Crippen LogP contribution in [0.3, 0.4) is 0 Å². The van der Waals surface area contributed by atoms with Crippen LogP contribution in [0.2, 0.25) is 0 Å². The number of phenols is 1. The first-order valence-electron chi connectivity index (χ1n) is 7.00. The molecular formula is C16H22O5. The summed E-state index contributed by atoms with van der Waals surface area (Å²) < 4.78 is 5.16. The Morgan fingerprint density at radius 1 is 1.38 bits per heavy atom. The third-order valence-electron chi connectivity index (χ3n) is 3.23. The first kappa shape index (κ1) is 17.0. The van der Waals surface area contributed by atoms with Gasteiger partial charge in [-0.3, -0.25) is 0 Å². The van der Waals surface area contributed by atoms with E-state index >= 15 is 0 Å². The summed E-state index contributed by atoms with van der Waals surface area (Å²) in [6, 6.07) is 2.98. The molecule has 3 N–H and O–H groups in total. The standard InChI is InChI=1S/C16H22O5/c1-3-4-5-6-12(17)15-11(8-10-14(19)20)7-9-13(18)16(15)21-2/h7-10,12,17-18H,3-6H2,1-2H3,(H,19,20). The lowest BCUT2D eigenvalue weighted by Gasteiger charge is -2.18. The van der Waals surface area contributed by atoms with Crippen LogP contribution in [0.25, 0.3) is 6.08 Å². The fourth-order valence-electron chi connectivity index (χ4n) is 2.20. The third-order valence-corrected chi connectivity index (χ3v) is 3.23. The highest BCUT2D eigenvalue weighted by Crippen LogP contribution is 2.39. The average Bonchev–Trinajstić information content (AvgIpc) is 2.45. The van der Waals surface area contributed by atoms with Crippen LogP contribution < -0.4 is 4.74 Å². The number of rotatable bonds is 8. The molecule has 0 fully saturated rings. The molecule has 21 heavy (non-hydrogen) atoms. The summed E-state index contributed by atoms with van der Waals surface area (Å²) >= 11 is 0. The molecule has 0 saturated carbocycles. The molecule has 0 aliphatic rings. The van der Waals surface area contributed by atoms with Gasteiger partial charge in [0, 0.05) is 11.6 Å². The number of hydrogen-bond donors (Lipinski definition) is 3. The summed E-state index contributed by atoms with van der Waals surface area (Å²) in [5.41, 5.74) is 0.946. The van der Waals surface area contributed by atoms with Crippen LogP contribution in [0.5, 0.6) is 11.5 Å². The van der Waals surface area contributed by atoms with Crippen LogP contribution >= 0.6 is 0 Å². The van der Waals surface area contributed by atoms with Crippen molar-refractivity contribution in [1.29, 1.82) is 0 Å². The summed E-state index contributed by atoms with van der Waals surface area (Å²) in [5.74, 6) is -0.963. The smallest absolute Gasteiger partial charge is 0.328 e. The van der Waals surface area contributed by atoms with E-state index in [2.05, 4.69) is 6.92 Å². The van der Waals surface area contributed by atoms with Gasteiger partial charge in [0.2, 0.25) is 0 Å². The summed E-state index contributed by atoms with van der Waals surface area (Å²) in [6.45, 7) is 2.07. The van der Waals surface area contributed by atoms with E-state index in [9.17, 15) is 15.0 Å². The Bertz CT molecular complexity index is 508. The van der Waals surface area contributed by atoms with Crippen LogP contribution in [0, 0.1) is 0 Å². The minimum Gasteiger partial charge on any atom is -0.504 e. The number of aliphatic hydroxyl groups is 1. The van der Waals surface area contributed by atoms with E-state index in [4.69, 9.17) is 9.84 Å². The molecule has 1 unspecified atom stereocenters. The van der Waals surface area contributed by atoms with Gasteiger partial charge in [-0.05, 0) is 24.1 Å². The zero-order valence-corrected chi connectivity index (χ0v) is 12.4. The number of unbranched alkanes of at least 4 members (excludes halogenated alkanes) is 2. The van der Waals surface area contributed by atoms with Crippen molar-refractivity contribution in [2.75, 3.05) is 7.11 Å². The van der Waals surface area contributed by atoms with Crippen molar-refractivity contribution in [2.45, 2.75) is 38.7 Å². The Balaban J connectivity index is 3.16. The number of aliphatic hydroxyl groups excluding tert-OH is 1. The van der Waals surface area contributed by atoms with Crippen LogP contribution in [-0.4, -0.2) is 28.4 Å². The van der Waals surface area contributed by atoms with Gasteiger partial charge in [-0.15, -0.1) is 0 Å². The van der Waals surface area contributed by atoms with Gasteiger partial charge in [0.1, 0.15) is 0 Å². The van der Waals surface area contributed by atoms with Crippen LogP contribution in [0.4, 0.5) is 0 Å². The lowest BCUT2D eigenvalue weighted by Crippen LogP contribution is -2.04. The molecule has 0 aliphatic heterocycles. The number of aromatic hydroxyl groups is 1. The highest BCUT2D eigenvalue weighted by atomic mass is 16.5. The Hall–Kier alpha value is -2.01. The summed E-state index contributed by atoms with van der Waals surface area (Å²) in [7, 11) is 1.40. The molecule has 0 aliphatic carbocycles. The Morgan fingerprint density at radius 2 is 2.10 bits per heavy atom. The number of methoxy groups -OCH3 is 1. The minimum absolute atomic E-state index is 0.0745. The van der Waals surface area contributed by atoms with Crippen LogP contribution in [0.1, 0.15) is 49.8 Å². The van der Waals surface area contributed by atoms with Crippen LogP contribution in [-0.2, 0) is 4.79 Å². The van der Waals surface area contributed by atoms with E-state index in [1.807, 2.05) is 0 Å². The maximum atomic E-state index is 10.7. The molecule has 0 radical (unpaired) electrons. The third kappa shape index (κ3) is 4.79. The van der Waals surface area contributed by atoms with Crippen molar-refractivity contribution < 1.29 is 24.9 Å². The number of phenolic OH excluding ortho intramolecular Hbond substituents is 1. The van der Waals surface area contributed by atoms with E-state index in [0.29, 0.717) is 17.5 Å². The Kier molecular flexibility index (Phi) is 6.75. The fraction of sp³-hybridized carbons (Fsp3) is 0.438. The predicted molar refractivity (Wildman–Crippen MR) is 80.4 cm³/mol. The van der Waals surface area contributed by atoms with E-state index < -0.39 is 12.1 Å². The lowest BCUT2D eigenvalue weighted by atomic mass is 9.96. The van der Waals surface area contributed by atoms with Gasteiger partial charge in [0.15, 0.2) is 11.5 Å². The Labute approximate surface area is 124 Å². The minimum atomic E-state index is -1.08. The van der Waals surface area contributed by atoms with Crippen molar-refractivity contribution in [3.05, 3.63) is 29.3 Å². The maximum absolute atomic E-state index is 10.7. The molecule has 5 nitrogen and oxygen atoms in total. The second-order valence-corrected chi connectivity index (χ2v) is 4.80. The molecule has 1 aromatic carbocycles. The first-order valence-corrected chi connectivity index (χ1v) is 7.00. The number of carboxylic acid groups (broad SMARTS) is 1. The van der Waals surface area contributed by atoms with Crippen LogP contribution in [0.15, 0.2) is 18.2 Å². The lowest BCUT2D eigenvalue weighted by molar-refractivity contribution is -0.131. The number of ether oxygens (including phenoxy) is 1. The number of aliphatic carboxylic acids is 1. The van der Waals surface area contributed by atoms with Gasteiger partial charge in [-0.2, -0.15) is 0 Å². The van der Waals surface area contributed by atoms with Gasteiger partial charge in [-0.25, -0.2) is 4.79 Å². The molecule has 5 heteroatoms. The number of benzene rings is 1. The van der Waals surface area contributed by atoms with Crippen molar-refractivity contribution in [1.82, 2.24) is 0 Å². The molecule has 0 amide bonds. The second-order valence-electron chi connectivity index (χ2n) is 4.80. The monoisotopic (exact) mass is 294 g/mol. The quantitative estimate of drug-likeness (QED) is 0.506. The molecule has 0 saturated heterocycles. The van der Waals surface area contributed by atoms with E-state index in [0.717, 1.165) is 25.3 Å². The average molecular weight is 294 g/mol. The van der Waals surface area contributed by atoms with Gasteiger partial charge in [0.05, 0.1) is 13.2 Å². The summed E-state index contributed by atoms with van der Waals surface area (Å²) in [6.07, 6.45) is 4.98. The SMILES string of the molecule is CCCCCC(O)c1c(C=CC(=O)O)ccc(O)c1OC. The van der Waals surface area contributed by atoms with E-state index in [1.165, 1.54) is 19.3 Å². The second kappa shape index (κ2) is 8.32. The van der Waals surface area contributed by atoms with E-state index in [-0.39, 0.29) is 11.5 Å². The van der Waals surface area contributed by atoms with Gasteiger partial charge < -0.3 is 20.1 Å². The zero-order chi connectivity index (χ0) is 15.8. The first-order chi connectivity index (χ1) is 10.0. The van der Waals surface area contributed by atoms with Gasteiger partial charge in [0.25, 0.3) is 0 Å².